The molecule has 0 heterocycles. The smallest absolute Gasteiger partial charge is 0.0728 e. The van der Waals surface area contributed by atoms with Gasteiger partial charge in [0.15, 0.2) is 0 Å². The molecule has 0 aliphatic heterocycles. The highest BCUT2D eigenvalue weighted by molar-refractivity contribution is 6.02. The van der Waals surface area contributed by atoms with Gasteiger partial charge in [0.05, 0.1) is 11.1 Å². The van der Waals surface area contributed by atoms with Crippen molar-refractivity contribution in [2.75, 3.05) is 4.90 Å². The largest absolute Gasteiger partial charge is 0.310 e. The molecule has 0 saturated carbocycles. The Labute approximate surface area is 368 Å². The molecule has 0 radical (unpaired) electrons. The fourth-order valence-corrected chi connectivity index (χ4v) is 11.4. The number of rotatable bonds is 6. The molecule has 1 nitrogen and oxygen atoms in total. The summed E-state index contributed by atoms with van der Waals surface area (Å²) in [4.78, 5) is 2.41. The summed E-state index contributed by atoms with van der Waals surface area (Å²) in [6.07, 6.45) is 0.946. The first-order chi connectivity index (χ1) is 31.3. The van der Waals surface area contributed by atoms with Crippen molar-refractivity contribution in [2.24, 2.45) is 0 Å². The minimum absolute atomic E-state index is 0.426. The van der Waals surface area contributed by atoms with Crippen LogP contribution in [0.2, 0.25) is 0 Å². The van der Waals surface area contributed by atoms with E-state index in [9.17, 15) is 0 Å². The Bertz CT molecular complexity index is 3400. The van der Waals surface area contributed by atoms with E-state index in [2.05, 4.69) is 241 Å². The summed E-state index contributed by atoms with van der Waals surface area (Å²) in [7, 11) is 0. The summed E-state index contributed by atoms with van der Waals surface area (Å²) in [5.41, 5.74) is 26.7. The molecule has 1 spiro atoms. The molecule has 0 saturated heterocycles. The number of para-hydroxylation sites is 1. The lowest BCUT2D eigenvalue weighted by Gasteiger charge is -2.32. The zero-order valence-electron chi connectivity index (χ0n) is 34.7. The Kier molecular flexibility index (Phi) is 7.95. The van der Waals surface area contributed by atoms with Gasteiger partial charge in [0, 0.05) is 16.9 Å². The van der Waals surface area contributed by atoms with Gasteiger partial charge in [0.1, 0.15) is 0 Å². The van der Waals surface area contributed by atoms with Crippen molar-refractivity contribution in [1.82, 2.24) is 0 Å². The Balaban J connectivity index is 0.981. The van der Waals surface area contributed by atoms with Gasteiger partial charge in [-0.15, -0.1) is 0 Å². The van der Waals surface area contributed by atoms with Crippen LogP contribution in [-0.4, -0.2) is 0 Å². The SMILES string of the molecule is c1ccc(-c2ccc(N(c3ccc(-c4cccc5c4-c4ccccc4C54c5ccccc5-c5ccc6c(c54)Cc4ccccc4-6)cc3)c3ccccc3-c3ccccc3)cc2)cc1. The molecule has 3 aliphatic rings. The molecule has 3 aliphatic carbocycles. The fourth-order valence-electron chi connectivity index (χ4n) is 11.4. The van der Waals surface area contributed by atoms with Crippen molar-refractivity contribution in [2.45, 2.75) is 11.8 Å². The predicted molar refractivity (Wildman–Crippen MR) is 262 cm³/mol. The molecule has 63 heavy (non-hydrogen) atoms. The number of fused-ring (bicyclic) bond motifs is 14. The highest BCUT2D eigenvalue weighted by Gasteiger charge is 2.53. The van der Waals surface area contributed by atoms with E-state index in [1.807, 2.05) is 0 Å². The molecule has 1 atom stereocenters. The summed E-state index contributed by atoms with van der Waals surface area (Å²) >= 11 is 0. The van der Waals surface area contributed by atoms with E-state index in [-0.39, 0.29) is 0 Å². The van der Waals surface area contributed by atoms with Gasteiger partial charge in [-0.25, -0.2) is 0 Å². The van der Waals surface area contributed by atoms with Crippen LogP contribution in [0.4, 0.5) is 17.1 Å². The number of hydrogen-bond donors (Lipinski definition) is 0. The zero-order chi connectivity index (χ0) is 41.5. The predicted octanol–water partition coefficient (Wildman–Crippen LogP) is 16.1. The average Bonchev–Trinajstić information content (AvgIpc) is 3.99. The van der Waals surface area contributed by atoms with Crippen LogP contribution in [0, 0.1) is 0 Å². The molecule has 13 rings (SSSR count). The highest BCUT2D eigenvalue weighted by Crippen LogP contribution is 2.66. The second-order valence-corrected chi connectivity index (χ2v) is 17.1. The van der Waals surface area contributed by atoms with Gasteiger partial charge in [-0.3, -0.25) is 0 Å². The van der Waals surface area contributed by atoms with Gasteiger partial charge in [-0.05, 0) is 131 Å². The molecule has 10 aromatic rings. The third-order valence-corrected chi connectivity index (χ3v) is 14.0. The third kappa shape index (κ3) is 5.24. The Morgan fingerprint density at radius 2 is 0.794 bits per heavy atom. The topological polar surface area (TPSA) is 3.24 Å². The summed E-state index contributed by atoms with van der Waals surface area (Å²) in [6, 6.07) is 87.7. The maximum absolute atomic E-state index is 2.42. The van der Waals surface area contributed by atoms with E-state index in [0.29, 0.717) is 0 Å². The second-order valence-electron chi connectivity index (χ2n) is 17.1. The minimum atomic E-state index is -0.426. The van der Waals surface area contributed by atoms with Gasteiger partial charge in [0.2, 0.25) is 0 Å². The van der Waals surface area contributed by atoms with Crippen LogP contribution in [0.5, 0.6) is 0 Å². The summed E-state index contributed by atoms with van der Waals surface area (Å²) in [5.74, 6) is 0. The molecule has 0 amide bonds. The minimum Gasteiger partial charge on any atom is -0.310 e. The molecule has 0 fully saturated rings. The lowest BCUT2D eigenvalue weighted by atomic mass is 9.68. The Morgan fingerprint density at radius 1 is 0.302 bits per heavy atom. The van der Waals surface area contributed by atoms with Crippen molar-refractivity contribution < 1.29 is 0 Å². The van der Waals surface area contributed by atoms with Crippen molar-refractivity contribution in [3.8, 4) is 66.8 Å². The molecule has 1 heteroatoms. The lowest BCUT2D eigenvalue weighted by Crippen LogP contribution is -2.27. The standard InChI is InChI=1S/C62H41N/c1-3-16-41(17-4-1)42-30-34-46(35-31-42)63(59-29-14-11-22-49(59)43-18-5-2-6-19-43)47-36-32-44(33-37-47)50-25-15-28-58-60(50)54-24-10-13-27-57(54)62(58)56-26-12-9-23-52(56)53-39-38-51-48-21-8-7-20-45(48)40-55(51)61(53)62/h1-39H,40H2. The monoisotopic (exact) mass is 799 g/mol. The van der Waals surface area contributed by atoms with Crippen LogP contribution in [0.25, 0.3) is 66.8 Å². The van der Waals surface area contributed by atoms with Gasteiger partial charge >= 0.3 is 0 Å². The molecular formula is C62H41N. The molecular weight excluding hydrogens is 759 g/mol. The maximum Gasteiger partial charge on any atom is 0.0728 e. The van der Waals surface area contributed by atoms with Crippen LogP contribution in [-0.2, 0) is 11.8 Å². The third-order valence-electron chi connectivity index (χ3n) is 14.0. The van der Waals surface area contributed by atoms with Crippen LogP contribution in [0.3, 0.4) is 0 Å². The number of hydrogen-bond acceptors (Lipinski definition) is 1. The first-order valence-electron chi connectivity index (χ1n) is 22.1. The quantitative estimate of drug-likeness (QED) is 0.162. The first-order valence-corrected chi connectivity index (χ1v) is 22.1. The Morgan fingerprint density at radius 3 is 1.52 bits per heavy atom. The van der Waals surface area contributed by atoms with Crippen molar-refractivity contribution in [3.05, 3.63) is 270 Å². The van der Waals surface area contributed by atoms with Gasteiger partial charge in [-0.2, -0.15) is 0 Å². The number of anilines is 3. The Hall–Kier alpha value is -8.00. The number of benzene rings is 10. The van der Waals surface area contributed by atoms with Crippen molar-refractivity contribution in [3.63, 3.8) is 0 Å². The molecule has 0 bridgehead atoms. The molecule has 0 aromatic heterocycles. The molecule has 10 aromatic carbocycles. The van der Waals surface area contributed by atoms with Crippen LogP contribution >= 0.6 is 0 Å². The number of nitrogens with zero attached hydrogens (tertiary/aromatic N) is 1. The van der Waals surface area contributed by atoms with Gasteiger partial charge in [0.25, 0.3) is 0 Å². The van der Waals surface area contributed by atoms with E-state index in [1.165, 1.54) is 100 Å². The molecule has 294 valence electrons. The van der Waals surface area contributed by atoms with Crippen molar-refractivity contribution in [1.29, 1.82) is 0 Å². The highest BCUT2D eigenvalue weighted by atomic mass is 15.1. The summed E-state index contributed by atoms with van der Waals surface area (Å²) in [6.45, 7) is 0. The summed E-state index contributed by atoms with van der Waals surface area (Å²) in [5, 5.41) is 0. The van der Waals surface area contributed by atoms with Crippen LogP contribution in [0.1, 0.15) is 33.4 Å². The van der Waals surface area contributed by atoms with E-state index in [4.69, 9.17) is 0 Å². The second kappa shape index (κ2) is 14.0. The first kappa shape index (κ1) is 35.7. The van der Waals surface area contributed by atoms with Crippen LogP contribution in [0.15, 0.2) is 237 Å². The van der Waals surface area contributed by atoms with Gasteiger partial charge < -0.3 is 4.90 Å². The normalized spacial score (nSPS) is 14.7. The van der Waals surface area contributed by atoms with E-state index in [0.717, 1.165) is 23.5 Å². The van der Waals surface area contributed by atoms with Crippen LogP contribution < -0.4 is 4.90 Å². The summed E-state index contributed by atoms with van der Waals surface area (Å²) < 4.78 is 0. The van der Waals surface area contributed by atoms with E-state index >= 15 is 0 Å². The van der Waals surface area contributed by atoms with Crippen molar-refractivity contribution >= 4 is 17.1 Å². The molecule has 0 N–H and O–H groups in total. The van der Waals surface area contributed by atoms with Gasteiger partial charge in [-0.1, -0.05) is 206 Å². The van der Waals surface area contributed by atoms with E-state index < -0.39 is 5.41 Å². The molecule has 1 unspecified atom stereocenters. The average molecular weight is 800 g/mol. The van der Waals surface area contributed by atoms with E-state index in [1.54, 1.807) is 0 Å². The fraction of sp³-hybridized carbons (Fsp3) is 0.0323. The zero-order valence-corrected chi connectivity index (χ0v) is 34.7. The lowest BCUT2D eigenvalue weighted by molar-refractivity contribution is 0.784. The maximum atomic E-state index is 2.42.